The van der Waals surface area contributed by atoms with Gasteiger partial charge in [-0.2, -0.15) is 0 Å². The Labute approximate surface area is 380 Å². The Morgan fingerprint density at radius 1 is 0.714 bits per heavy atom. The van der Waals surface area contributed by atoms with E-state index < -0.39 is 44.7 Å². The summed E-state index contributed by atoms with van der Waals surface area (Å²) in [6.45, 7) is 8.01. The predicted octanol–water partition coefficient (Wildman–Crippen LogP) is 9.98. The van der Waals surface area contributed by atoms with Crippen molar-refractivity contribution in [3.63, 3.8) is 0 Å². The Morgan fingerprint density at radius 3 is 1.89 bits per heavy atom. The topological polar surface area (TPSA) is 165 Å². The Morgan fingerprint density at radius 2 is 1.29 bits per heavy atom. The Bertz CT molecular complexity index is 1620. The molecule has 1 heterocycles. The number of quaternary nitrogens is 1. The van der Waals surface area contributed by atoms with Crippen molar-refractivity contribution in [3.8, 4) is 0 Å². The van der Waals surface area contributed by atoms with Gasteiger partial charge >= 0.3 is 11.9 Å². The zero-order valence-electron chi connectivity index (χ0n) is 39.7. The van der Waals surface area contributed by atoms with Crippen LogP contribution in [-0.2, 0) is 45.5 Å². The van der Waals surface area contributed by atoms with E-state index in [9.17, 15) is 29.3 Å². The number of esters is 2. The van der Waals surface area contributed by atoms with E-state index >= 15 is 0 Å². The molecule has 0 spiro atoms. The van der Waals surface area contributed by atoms with Crippen LogP contribution in [-0.4, -0.2) is 92.5 Å². The van der Waals surface area contributed by atoms with Crippen LogP contribution in [0.15, 0.2) is 77.3 Å². The predicted molar refractivity (Wildman–Crippen MR) is 251 cm³/mol. The average Bonchev–Trinajstić information content (AvgIpc) is 3.49. The molecule has 13 heteroatoms. The molecular formula is C50H82NO11P. The van der Waals surface area contributed by atoms with Gasteiger partial charge in [0.25, 0.3) is 7.82 Å². The summed E-state index contributed by atoms with van der Waals surface area (Å²) in [4.78, 5) is 37.7. The van der Waals surface area contributed by atoms with Crippen LogP contribution in [0.3, 0.4) is 0 Å². The quantitative estimate of drug-likeness (QED) is 0.0163. The Balaban J connectivity index is 2.43. The molecule has 1 rings (SSSR count). The third-order valence-electron chi connectivity index (χ3n) is 10.1. The lowest BCUT2D eigenvalue weighted by Gasteiger charge is -2.28. The van der Waals surface area contributed by atoms with Gasteiger partial charge in [-0.25, -0.2) is 0 Å². The highest BCUT2D eigenvalue weighted by Crippen LogP contribution is 2.38. The summed E-state index contributed by atoms with van der Waals surface area (Å²) >= 11 is 0. The molecule has 12 nitrogen and oxygen atoms in total. The van der Waals surface area contributed by atoms with E-state index in [0.717, 1.165) is 82.1 Å². The SMILES string of the molecule is CC/C=C\C[C@@H](O)/C=C/C=C\C=C\[C@@H](O)C/C=C\C/C=C\CCC(=O)OC[C@H](COP(=O)([O-])OCC[N+](C)(C)C)OC(=O)CCCCCCCCCCc1oc(CCC)c(C)c1C. The summed E-state index contributed by atoms with van der Waals surface area (Å²) in [6, 6.07) is 0. The van der Waals surface area contributed by atoms with Gasteiger partial charge in [0.1, 0.15) is 31.3 Å². The lowest BCUT2D eigenvalue weighted by molar-refractivity contribution is -0.870. The van der Waals surface area contributed by atoms with Gasteiger partial charge in [0.05, 0.1) is 40.0 Å². The number of nitrogens with zero attached hydrogens (tertiary/aromatic N) is 1. The molecule has 0 bridgehead atoms. The molecule has 0 aromatic carbocycles. The molecule has 2 N–H and O–H groups in total. The molecule has 0 aliphatic carbocycles. The Hall–Kier alpha value is -3.35. The molecule has 1 aromatic heterocycles. The number of furan rings is 1. The van der Waals surface area contributed by atoms with Crippen molar-refractivity contribution in [2.45, 2.75) is 162 Å². The average molecular weight is 904 g/mol. The third kappa shape index (κ3) is 32.0. The number of phosphoric acid groups is 1. The van der Waals surface area contributed by atoms with Crippen LogP contribution in [0.1, 0.15) is 139 Å². The zero-order chi connectivity index (χ0) is 46.8. The summed E-state index contributed by atoms with van der Waals surface area (Å²) in [7, 11) is 1.03. The minimum Gasteiger partial charge on any atom is -0.756 e. The molecule has 0 aliphatic heterocycles. The van der Waals surface area contributed by atoms with Crippen LogP contribution in [0.2, 0.25) is 0 Å². The zero-order valence-corrected chi connectivity index (χ0v) is 40.6. The minimum atomic E-state index is -4.69. The molecule has 4 atom stereocenters. The molecule has 0 saturated carbocycles. The summed E-state index contributed by atoms with van der Waals surface area (Å²) in [5.41, 5.74) is 2.60. The molecule has 358 valence electrons. The van der Waals surface area contributed by atoms with E-state index in [1.807, 2.05) is 64.5 Å². The molecule has 0 radical (unpaired) electrons. The number of aryl methyl sites for hydroxylation is 2. The van der Waals surface area contributed by atoms with Crippen LogP contribution in [0, 0.1) is 13.8 Å². The normalized spacial score (nSPS) is 15.1. The first kappa shape index (κ1) is 57.7. The number of ether oxygens (including phenoxy) is 2. The number of aliphatic hydroxyl groups is 2. The fourth-order valence-corrected chi connectivity index (χ4v) is 6.92. The van der Waals surface area contributed by atoms with Gasteiger partial charge in [-0.1, -0.05) is 125 Å². The molecule has 1 unspecified atom stereocenters. The standard InChI is InChI=1S/C50H82NO11P/c1-8-10-23-31-44(52)33-25-21-22-26-34-45(53)32-24-17-15-16-19-28-36-49(54)58-40-46(41-60-63(56,57)59-39-38-51(5,6)7)61-50(55)37-29-20-14-12-11-13-18-27-35-48-43(4)42(3)47(62-48)30-9-2/h10,16-17,19,21-26,33-34,44-46,52-53H,8-9,11-15,18,20,27-32,35-41H2,1-7H3/b19-16-,22-21-,23-10-,24-17-,33-25+,34-26+/t44-,45+,46-/m1/s1. The Kier molecular flexibility index (Phi) is 32.0. The van der Waals surface area contributed by atoms with Gasteiger partial charge in [0.2, 0.25) is 0 Å². The molecule has 1 aromatic rings. The second kappa shape index (κ2) is 35.0. The van der Waals surface area contributed by atoms with Gasteiger partial charge in [0.15, 0.2) is 6.10 Å². The smallest absolute Gasteiger partial charge is 0.306 e. The number of hydrogen-bond donors (Lipinski definition) is 2. The van der Waals surface area contributed by atoms with Crippen molar-refractivity contribution < 1.29 is 56.7 Å². The van der Waals surface area contributed by atoms with Crippen molar-refractivity contribution >= 4 is 19.8 Å². The summed E-state index contributed by atoms with van der Waals surface area (Å²) in [5.74, 6) is 1.23. The molecule has 0 fully saturated rings. The second-order valence-electron chi connectivity index (χ2n) is 17.0. The van der Waals surface area contributed by atoms with E-state index in [-0.39, 0.29) is 26.1 Å². The van der Waals surface area contributed by atoms with E-state index in [1.165, 1.54) is 11.1 Å². The highest BCUT2D eigenvalue weighted by molar-refractivity contribution is 7.45. The van der Waals surface area contributed by atoms with Crippen molar-refractivity contribution in [1.29, 1.82) is 0 Å². The van der Waals surface area contributed by atoms with Gasteiger partial charge in [0, 0.05) is 25.7 Å². The van der Waals surface area contributed by atoms with Crippen molar-refractivity contribution in [2.75, 3.05) is 47.5 Å². The number of allylic oxidation sites excluding steroid dienone is 8. The maximum atomic E-state index is 12.7. The largest absolute Gasteiger partial charge is 0.756 e. The van der Waals surface area contributed by atoms with Crippen LogP contribution in [0.5, 0.6) is 0 Å². The van der Waals surface area contributed by atoms with Gasteiger partial charge in [-0.05, 0) is 76.3 Å². The number of carbonyl (C=O) groups is 2. The molecular weight excluding hydrogens is 822 g/mol. The van der Waals surface area contributed by atoms with E-state index in [1.54, 1.807) is 36.5 Å². The van der Waals surface area contributed by atoms with Crippen LogP contribution in [0.25, 0.3) is 0 Å². The number of aliphatic hydroxyl groups excluding tert-OH is 2. The second-order valence-corrected chi connectivity index (χ2v) is 18.4. The number of hydrogen-bond acceptors (Lipinski definition) is 11. The molecule has 0 saturated heterocycles. The third-order valence-corrected chi connectivity index (χ3v) is 11.1. The van der Waals surface area contributed by atoms with Crippen molar-refractivity contribution in [3.05, 3.63) is 95.6 Å². The summed E-state index contributed by atoms with van der Waals surface area (Å²) < 4.78 is 39.9. The fourth-order valence-electron chi connectivity index (χ4n) is 6.20. The maximum Gasteiger partial charge on any atom is 0.306 e. The number of carbonyl (C=O) groups excluding carboxylic acids is 2. The van der Waals surface area contributed by atoms with E-state index in [2.05, 4.69) is 20.8 Å². The van der Waals surface area contributed by atoms with Crippen LogP contribution < -0.4 is 4.89 Å². The van der Waals surface area contributed by atoms with Crippen molar-refractivity contribution in [1.82, 2.24) is 0 Å². The highest BCUT2D eigenvalue weighted by atomic mass is 31.2. The molecule has 63 heavy (non-hydrogen) atoms. The highest BCUT2D eigenvalue weighted by Gasteiger charge is 2.22. The van der Waals surface area contributed by atoms with Gasteiger partial charge in [-0.3, -0.25) is 14.2 Å². The first-order valence-corrected chi connectivity index (χ1v) is 24.7. The first-order chi connectivity index (χ1) is 30.1. The fraction of sp³-hybridized carbons (Fsp3) is 0.640. The maximum absolute atomic E-state index is 12.7. The summed E-state index contributed by atoms with van der Waals surface area (Å²) in [5, 5.41) is 20.0. The lowest BCUT2D eigenvalue weighted by atomic mass is 10.0. The number of rotatable bonds is 37. The minimum absolute atomic E-state index is 0.0712. The first-order valence-electron chi connectivity index (χ1n) is 23.2. The molecule has 0 amide bonds. The number of phosphoric ester groups is 1. The van der Waals surface area contributed by atoms with Gasteiger partial charge in [-0.15, -0.1) is 0 Å². The lowest BCUT2D eigenvalue weighted by Crippen LogP contribution is -2.37. The monoisotopic (exact) mass is 904 g/mol. The van der Waals surface area contributed by atoms with Gasteiger partial charge < -0.3 is 42.5 Å². The summed E-state index contributed by atoms with van der Waals surface area (Å²) in [6.07, 6.45) is 34.3. The van der Waals surface area contributed by atoms with Crippen LogP contribution >= 0.6 is 7.82 Å². The van der Waals surface area contributed by atoms with E-state index in [0.29, 0.717) is 43.1 Å². The number of unbranched alkanes of at least 4 members (excludes halogenated alkanes) is 7. The van der Waals surface area contributed by atoms with E-state index in [4.69, 9.17) is 22.9 Å². The molecule has 0 aliphatic rings. The number of likely N-dealkylation sites (N-methyl/N-ethyl adjacent to an activating group) is 1. The van der Waals surface area contributed by atoms with Crippen LogP contribution in [0.4, 0.5) is 0 Å². The van der Waals surface area contributed by atoms with Crippen molar-refractivity contribution in [2.24, 2.45) is 0 Å².